The molecule has 2 N–H and O–H groups in total. The first-order valence-electron chi connectivity index (χ1n) is 10.0. The predicted molar refractivity (Wildman–Crippen MR) is 117 cm³/mol. The second kappa shape index (κ2) is 10.2. The molecule has 33 heavy (non-hydrogen) atoms. The predicted octanol–water partition coefficient (Wildman–Crippen LogP) is 4.55. The number of hydrogen-bond acceptors (Lipinski definition) is 5. The summed E-state index contributed by atoms with van der Waals surface area (Å²) in [4.78, 5) is 26.0. The lowest BCUT2D eigenvalue weighted by Gasteiger charge is -2.19. The van der Waals surface area contributed by atoms with E-state index in [-0.39, 0.29) is 23.8 Å². The fourth-order valence-corrected chi connectivity index (χ4v) is 3.80. The molecule has 2 amide bonds. The Morgan fingerprint density at radius 3 is 2.58 bits per heavy atom. The highest BCUT2D eigenvalue weighted by atomic mass is 35.5. The number of nitrogens with zero attached hydrogens (tertiary/aromatic N) is 1. The van der Waals surface area contributed by atoms with Crippen molar-refractivity contribution in [1.29, 1.82) is 0 Å². The van der Waals surface area contributed by atoms with Crippen molar-refractivity contribution < 1.29 is 32.2 Å². The number of methoxy groups -OCH3 is 2. The van der Waals surface area contributed by atoms with Gasteiger partial charge >= 0.3 is 12.3 Å². The second-order valence-electron chi connectivity index (χ2n) is 7.46. The minimum atomic E-state index is -4.61. The van der Waals surface area contributed by atoms with E-state index in [0.717, 1.165) is 12.1 Å². The summed E-state index contributed by atoms with van der Waals surface area (Å²) in [5.41, 5.74) is -0.195. The smallest absolute Gasteiger partial charge is 0.416 e. The maximum atomic E-state index is 13.3. The Morgan fingerprint density at radius 2 is 1.94 bits per heavy atom. The Bertz CT molecular complexity index is 1030. The van der Waals surface area contributed by atoms with Crippen LogP contribution in [0.5, 0.6) is 5.75 Å². The van der Waals surface area contributed by atoms with Gasteiger partial charge in [0.05, 0.1) is 30.4 Å². The van der Waals surface area contributed by atoms with Gasteiger partial charge < -0.3 is 25.0 Å². The summed E-state index contributed by atoms with van der Waals surface area (Å²) in [5.74, 6) is -0.216. The third-order valence-corrected chi connectivity index (χ3v) is 5.54. The Kier molecular flexibility index (Phi) is 7.57. The number of nitrogens with one attached hydrogen (secondary N) is 2. The van der Waals surface area contributed by atoms with Crippen LogP contribution in [0.1, 0.15) is 27.9 Å². The monoisotopic (exact) mass is 485 g/mol. The van der Waals surface area contributed by atoms with Gasteiger partial charge in [0, 0.05) is 31.4 Å². The van der Waals surface area contributed by atoms with Crippen LogP contribution in [0.4, 0.5) is 23.7 Å². The van der Waals surface area contributed by atoms with E-state index in [0.29, 0.717) is 35.8 Å². The molecule has 0 bridgehead atoms. The van der Waals surface area contributed by atoms with Crippen LogP contribution < -0.4 is 15.4 Å². The van der Waals surface area contributed by atoms with Gasteiger partial charge in [0.1, 0.15) is 5.75 Å². The lowest BCUT2D eigenvalue weighted by atomic mass is 10.1. The maximum absolute atomic E-state index is 13.3. The van der Waals surface area contributed by atoms with Crippen LogP contribution in [0.25, 0.3) is 0 Å². The van der Waals surface area contributed by atoms with E-state index in [1.807, 2.05) is 0 Å². The Hall–Kier alpha value is -3.14. The molecular formula is C22H23ClF3N3O4. The van der Waals surface area contributed by atoms with Gasteiger partial charge in [-0.3, -0.25) is 4.79 Å². The van der Waals surface area contributed by atoms with E-state index in [9.17, 15) is 22.8 Å². The number of benzene rings is 2. The summed E-state index contributed by atoms with van der Waals surface area (Å²) >= 11 is 6.09. The largest absolute Gasteiger partial charge is 0.495 e. The third kappa shape index (κ3) is 6.01. The molecule has 1 aliphatic rings. The van der Waals surface area contributed by atoms with Gasteiger partial charge in [0.15, 0.2) is 0 Å². The molecule has 0 saturated carbocycles. The second-order valence-corrected chi connectivity index (χ2v) is 7.86. The van der Waals surface area contributed by atoms with Gasteiger partial charge in [0.2, 0.25) is 0 Å². The van der Waals surface area contributed by atoms with Crippen LogP contribution in [-0.4, -0.2) is 50.3 Å². The molecule has 3 rings (SSSR count). The van der Waals surface area contributed by atoms with E-state index in [1.165, 1.54) is 25.2 Å². The number of amides is 2. The van der Waals surface area contributed by atoms with Crippen molar-refractivity contribution in [2.75, 3.05) is 32.6 Å². The molecule has 1 saturated heterocycles. The number of alkyl halides is 3. The highest BCUT2D eigenvalue weighted by molar-refractivity contribution is 6.32. The maximum Gasteiger partial charge on any atom is 0.416 e. The van der Waals surface area contributed by atoms with Gasteiger partial charge in [-0.1, -0.05) is 17.7 Å². The van der Waals surface area contributed by atoms with Crippen molar-refractivity contribution in [3.8, 4) is 5.75 Å². The van der Waals surface area contributed by atoms with Crippen molar-refractivity contribution in [1.82, 2.24) is 10.2 Å². The van der Waals surface area contributed by atoms with E-state index in [2.05, 4.69) is 10.6 Å². The van der Waals surface area contributed by atoms with E-state index in [4.69, 9.17) is 21.1 Å². The van der Waals surface area contributed by atoms with E-state index in [1.54, 1.807) is 18.2 Å². The van der Waals surface area contributed by atoms with Crippen LogP contribution in [0.3, 0.4) is 0 Å². The van der Waals surface area contributed by atoms with Crippen LogP contribution in [0.2, 0.25) is 5.02 Å². The third-order valence-electron chi connectivity index (χ3n) is 5.24. The lowest BCUT2D eigenvalue weighted by molar-refractivity contribution is -0.137. The molecule has 1 heterocycles. The standard InChI is InChI=1S/C22H23ClF3N3O4/c1-32-19-6-3-13(9-17(19)23)11-27-20(30)16-10-14(22(24,25)26)4-5-18(16)28-15-7-8-29(12-15)21(31)33-2/h3-6,9-10,15,28H,7-8,11-12H2,1-2H3,(H,27,30). The van der Waals surface area contributed by atoms with Crippen LogP contribution >= 0.6 is 11.6 Å². The highest BCUT2D eigenvalue weighted by Gasteiger charge is 2.33. The normalized spacial score (nSPS) is 15.8. The van der Waals surface area contributed by atoms with Crippen molar-refractivity contribution in [2.45, 2.75) is 25.2 Å². The molecule has 11 heteroatoms. The number of rotatable bonds is 6. The van der Waals surface area contributed by atoms with Gasteiger partial charge in [-0.05, 0) is 42.3 Å². The van der Waals surface area contributed by atoms with Gasteiger partial charge in [-0.25, -0.2) is 4.79 Å². The molecule has 1 unspecified atom stereocenters. The zero-order valence-corrected chi connectivity index (χ0v) is 18.7. The summed E-state index contributed by atoms with van der Waals surface area (Å²) in [6.45, 7) is 0.793. The summed E-state index contributed by atoms with van der Waals surface area (Å²) in [5, 5.41) is 6.06. The molecule has 178 valence electrons. The summed E-state index contributed by atoms with van der Waals surface area (Å²) in [6, 6.07) is 7.63. The van der Waals surface area contributed by atoms with Gasteiger partial charge in [-0.15, -0.1) is 0 Å². The average Bonchev–Trinajstić information content (AvgIpc) is 3.25. The van der Waals surface area contributed by atoms with Crippen LogP contribution in [0.15, 0.2) is 36.4 Å². The lowest BCUT2D eigenvalue weighted by Crippen LogP contribution is -2.32. The molecule has 0 aliphatic carbocycles. The van der Waals surface area contributed by atoms with Crippen molar-refractivity contribution >= 4 is 29.3 Å². The number of likely N-dealkylation sites (tertiary alicyclic amines) is 1. The number of carbonyl (C=O) groups excluding carboxylic acids is 2. The Balaban J connectivity index is 1.78. The Labute approximate surface area is 193 Å². The fraction of sp³-hybridized carbons (Fsp3) is 0.364. The first-order valence-corrected chi connectivity index (χ1v) is 10.4. The van der Waals surface area contributed by atoms with Crippen LogP contribution in [0, 0.1) is 0 Å². The Morgan fingerprint density at radius 1 is 1.18 bits per heavy atom. The number of carbonyl (C=O) groups is 2. The van der Waals surface area contributed by atoms with Crippen molar-refractivity contribution in [3.05, 3.63) is 58.1 Å². The first kappa shape index (κ1) is 24.5. The number of anilines is 1. The molecule has 1 aliphatic heterocycles. The quantitative estimate of drug-likeness (QED) is 0.627. The molecule has 0 aromatic heterocycles. The fourth-order valence-electron chi connectivity index (χ4n) is 3.52. The molecule has 1 atom stereocenters. The highest BCUT2D eigenvalue weighted by Crippen LogP contribution is 2.32. The SMILES string of the molecule is COC(=O)N1CCC(Nc2ccc(C(F)(F)F)cc2C(=O)NCc2ccc(OC)c(Cl)c2)C1. The minimum Gasteiger partial charge on any atom is -0.495 e. The molecule has 0 radical (unpaired) electrons. The topological polar surface area (TPSA) is 79.9 Å². The average molecular weight is 486 g/mol. The number of ether oxygens (including phenoxy) is 2. The molecule has 1 fully saturated rings. The zero-order valence-electron chi connectivity index (χ0n) is 18.0. The minimum absolute atomic E-state index is 0.0534. The van der Waals surface area contributed by atoms with Crippen molar-refractivity contribution in [2.24, 2.45) is 0 Å². The summed E-state index contributed by atoms with van der Waals surface area (Å²) in [6.07, 6.45) is -4.53. The molecule has 2 aromatic rings. The summed E-state index contributed by atoms with van der Waals surface area (Å²) < 4.78 is 49.6. The molecule has 2 aromatic carbocycles. The van der Waals surface area contributed by atoms with Crippen LogP contribution in [-0.2, 0) is 17.5 Å². The first-order chi connectivity index (χ1) is 15.6. The molecule has 0 spiro atoms. The van der Waals surface area contributed by atoms with Gasteiger partial charge in [0.25, 0.3) is 5.91 Å². The van der Waals surface area contributed by atoms with Crippen molar-refractivity contribution in [3.63, 3.8) is 0 Å². The molecule has 7 nitrogen and oxygen atoms in total. The number of hydrogen-bond donors (Lipinski definition) is 2. The van der Waals surface area contributed by atoms with E-state index < -0.39 is 23.7 Å². The van der Waals surface area contributed by atoms with E-state index >= 15 is 0 Å². The van der Waals surface area contributed by atoms with Gasteiger partial charge in [-0.2, -0.15) is 13.2 Å². The zero-order chi connectivity index (χ0) is 24.2. The molecular weight excluding hydrogens is 463 g/mol. The number of halogens is 4. The summed E-state index contributed by atoms with van der Waals surface area (Å²) in [7, 11) is 2.75.